The Hall–Kier alpha value is -1.01. The number of hydrogen-bond donors (Lipinski definition) is 2. The van der Waals surface area contributed by atoms with Gasteiger partial charge in [-0.3, -0.25) is 9.88 Å². The van der Waals surface area contributed by atoms with Crippen LogP contribution in [0.3, 0.4) is 0 Å². The van der Waals surface area contributed by atoms with Crippen molar-refractivity contribution in [3.05, 3.63) is 30.1 Å². The second-order valence-corrected chi connectivity index (χ2v) is 5.26. The van der Waals surface area contributed by atoms with Gasteiger partial charge in [-0.1, -0.05) is 6.07 Å². The van der Waals surface area contributed by atoms with Crippen LogP contribution in [0, 0.1) is 0 Å². The molecule has 5 heteroatoms. The smallest absolute Gasteiger partial charge is 0.0936 e. The molecule has 1 fully saturated rings. The van der Waals surface area contributed by atoms with E-state index in [0.717, 1.165) is 12.2 Å². The summed E-state index contributed by atoms with van der Waals surface area (Å²) in [6.07, 6.45) is 1.74. The van der Waals surface area contributed by atoms with Crippen molar-refractivity contribution in [1.29, 1.82) is 0 Å². The van der Waals surface area contributed by atoms with Gasteiger partial charge in [0.2, 0.25) is 0 Å². The van der Waals surface area contributed by atoms with Crippen LogP contribution in [0.4, 0.5) is 0 Å². The third kappa shape index (κ3) is 3.51. The highest BCUT2D eigenvalue weighted by Crippen LogP contribution is 2.25. The Kier molecular flexibility index (Phi) is 4.87. The van der Waals surface area contributed by atoms with E-state index in [4.69, 9.17) is 10.5 Å². The van der Waals surface area contributed by atoms with Gasteiger partial charge in [-0.2, -0.15) is 0 Å². The number of nitrogens with zero attached hydrogens (tertiary/aromatic N) is 2. The SMILES string of the molecule is CC1CN(C(c2ccccn2)C(C)N)CC(CO)O1. The number of aliphatic hydroxyl groups excluding tert-OH is 1. The first-order valence-electron chi connectivity index (χ1n) is 6.78. The predicted octanol–water partition coefficient (Wildman–Crippen LogP) is 0.552. The molecule has 106 valence electrons. The van der Waals surface area contributed by atoms with Crippen LogP contribution in [-0.2, 0) is 4.74 Å². The van der Waals surface area contributed by atoms with Gasteiger partial charge in [0.1, 0.15) is 0 Å². The molecule has 0 aliphatic carbocycles. The van der Waals surface area contributed by atoms with Crippen LogP contribution < -0.4 is 5.73 Å². The molecule has 0 radical (unpaired) electrons. The zero-order chi connectivity index (χ0) is 13.8. The van der Waals surface area contributed by atoms with Gasteiger partial charge in [-0.25, -0.2) is 0 Å². The second-order valence-electron chi connectivity index (χ2n) is 5.26. The first-order valence-corrected chi connectivity index (χ1v) is 6.78. The lowest BCUT2D eigenvalue weighted by Crippen LogP contribution is -2.52. The number of nitrogens with two attached hydrogens (primary N) is 1. The molecule has 2 rings (SSSR count). The van der Waals surface area contributed by atoms with Gasteiger partial charge in [-0.15, -0.1) is 0 Å². The van der Waals surface area contributed by atoms with Crippen molar-refractivity contribution in [3.63, 3.8) is 0 Å². The molecule has 1 aromatic rings. The molecular weight excluding hydrogens is 242 g/mol. The van der Waals surface area contributed by atoms with E-state index in [1.165, 1.54) is 0 Å². The number of rotatable bonds is 4. The highest BCUT2D eigenvalue weighted by atomic mass is 16.5. The average Bonchev–Trinajstić information content (AvgIpc) is 2.39. The van der Waals surface area contributed by atoms with E-state index >= 15 is 0 Å². The van der Waals surface area contributed by atoms with E-state index in [0.29, 0.717) is 6.54 Å². The lowest BCUT2D eigenvalue weighted by Gasteiger charge is -2.41. The lowest BCUT2D eigenvalue weighted by molar-refractivity contribution is -0.108. The van der Waals surface area contributed by atoms with E-state index in [9.17, 15) is 5.11 Å². The van der Waals surface area contributed by atoms with Gasteiger partial charge in [-0.05, 0) is 26.0 Å². The van der Waals surface area contributed by atoms with E-state index < -0.39 is 0 Å². The molecule has 1 aliphatic heterocycles. The minimum atomic E-state index is -0.145. The van der Waals surface area contributed by atoms with E-state index in [1.807, 2.05) is 32.0 Å². The lowest BCUT2D eigenvalue weighted by atomic mass is 10.0. The number of aromatic nitrogens is 1. The molecule has 0 amide bonds. The maximum absolute atomic E-state index is 9.32. The first-order chi connectivity index (χ1) is 9.11. The second kappa shape index (κ2) is 6.43. The van der Waals surface area contributed by atoms with Crippen molar-refractivity contribution in [2.45, 2.75) is 38.1 Å². The van der Waals surface area contributed by atoms with Gasteiger partial charge in [0.25, 0.3) is 0 Å². The van der Waals surface area contributed by atoms with E-state index in [2.05, 4.69) is 9.88 Å². The van der Waals surface area contributed by atoms with Crippen LogP contribution in [-0.4, -0.2) is 52.9 Å². The fourth-order valence-corrected chi connectivity index (χ4v) is 2.75. The number of aliphatic hydroxyl groups is 1. The topological polar surface area (TPSA) is 71.6 Å². The zero-order valence-corrected chi connectivity index (χ0v) is 11.6. The molecular formula is C14H23N3O2. The summed E-state index contributed by atoms with van der Waals surface area (Å²) in [6.45, 7) is 5.54. The average molecular weight is 265 g/mol. The Balaban J connectivity index is 2.19. The highest BCUT2D eigenvalue weighted by molar-refractivity contribution is 5.11. The molecule has 0 spiro atoms. The summed E-state index contributed by atoms with van der Waals surface area (Å²) in [5, 5.41) is 9.32. The van der Waals surface area contributed by atoms with Crippen LogP contribution in [0.15, 0.2) is 24.4 Å². The van der Waals surface area contributed by atoms with Crippen LogP contribution in [0.25, 0.3) is 0 Å². The fourth-order valence-electron chi connectivity index (χ4n) is 2.75. The van der Waals surface area contributed by atoms with Gasteiger partial charge in [0.05, 0.1) is 30.6 Å². The molecule has 2 heterocycles. The molecule has 19 heavy (non-hydrogen) atoms. The van der Waals surface area contributed by atoms with Gasteiger partial charge in [0.15, 0.2) is 0 Å². The van der Waals surface area contributed by atoms with E-state index in [1.54, 1.807) is 6.20 Å². The van der Waals surface area contributed by atoms with Crippen molar-refractivity contribution in [3.8, 4) is 0 Å². The van der Waals surface area contributed by atoms with Crippen LogP contribution in [0.1, 0.15) is 25.6 Å². The van der Waals surface area contributed by atoms with Crippen molar-refractivity contribution in [2.24, 2.45) is 5.73 Å². The van der Waals surface area contributed by atoms with Gasteiger partial charge >= 0.3 is 0 Å². The number of ether oxygens (including phenoxy) is 1. The minimum Gasteiger partial charge on any atom is -0.394 e. The summed E-state index contributed by atoms with van der Waals surface area (Å²) in [5.41, 5.74) is 7.12. The molecule has 0 saturated carbocycles. The Morgan fingerprint density at radius 2 is 2.32 bits per heavy atom. The van der Waals surface area contributed by atoms with Crippen molar-refractivity contribution in [2.75, 3.05) is 19.7 Å². The maximum atomic E-state index is 9.32. The molecule has 1 saturated heterocycles. The number of hydrogen-bond acceptors (Lipinski definition) is 5. The first kappa shape index (κ1) is 14.4. The molecule has 4 unspecified atom stereocenters. The van der Waals surface area contributed by atoms with Crippen molar-refractivity contribution in [1.82, 2.24) is 9.88 Å². The summed E-state index contributed by atoms with van der Waals surface area (Å²) in [7, 11) is 0. The van der Waals surface area contributed by atoms with Crippen molar-refractivity contribution < 1.29 is 9.84 Å². The molecule has 5 nitrogen and oxygen atoms in total. The molecule has 0 bridgehead atoms. The Morgan fingerprint density at radius 3 is 2.89 bits per heavy atom. The van der Waals surface area contributed by atoms with Crippen LogP contribution in [0.2, 0.25) is 0 Å². The fraction of sp³-hybridized carbons (Fsp3) is 0.643. The van der Waals surface area contributed by atoms with Crippen LogP contribution in [0.5, 0.6) is 0 Å². The summed E-state index contributed by atoms with van der Waals surface area (Å²) in [5.74, 6) is 0. The predicted molar refractivity (Wildman–Crippen MR) is 73.6 cm³/mol. The monoisotopic (exact) mass is 265 g/mol. The Bertz CT molecular complexity index is 386. The summed E-state index contributed by atoms with van der Waals surface area (Å²) in [4.78, 5) is 6.69. The van der Waals surface area contributed by atoms with Gasteiger partial charge < -0.3 is 15.6 Å². The third-order valence-corrected chi connectivity index (χ3v) is 3.44. The normalized spacial score (nSPS) is 28.0. The van der Waals surface area contributed by atoms with E-state index in [-0.39, 0.29) is 30.9 Å². The summed E-state index contributed by atoms with van der Waals surface area (Å²) in [6, 6.07) is 5.91. The quantitative estimate of drug-likeness (QED) is 0.832. The molecule has 0 aromatic carbocycles. The van der Waals surface area contributed by atoms with Gasteiger partial charge in [0, 0.05) is 25.3 Å². The summed E-state index contributed by atoms with van der Waals surface area (Å²) >= 11 is 0. The number of pyridine rings is 1. The van der Waals surface area contributed by atoms with Crippen LogP contribution >= 0.6 is 0 Å². The standard InChI is InChI=1S/C14H23N3O2/c1-10-7-17(8-12(9-18)19-10)14(11(2)15)13-5-3-4-6-16-13/h3-6,10-12,14,18H,7-9,15H2,1-2H3. The Morgan fingerprint density at radius 1 is 1.53 bits per heavy atom. The maximum Gasteiger partial charge on any atom is 0.0936 e. The molecule has 1 aliphatic rings. The largest absolute Gasteiger partial charge is 0.394 e. The molecule has 1 aromatic heterocycles. The van der Waals surface area contributed by atoms with Crippen molar-refractivity contribution >= 4 is 0 Å². The molecule has 3 N–H and O–H groups in total. The third-order valence-electron chi connectivity index (χ3n) is 3.44. The Labute approximate surface area is 114 Å². The zero-order valence-electron chi connectivity index (χ0n) is 11.6. The number of morpholine rings is 1. The molecule has 4 atom stereocenters. The minimum absolute atomic E-state index is 0.0282. The highest BCUT2D eigenvalue weighted by Gasteiger charge is 2.32. The summed E-state index contributed by atoms with van der Waals surface area (Å²) < 4.78 is 5.68.